The molecule has 0 aromatic rings. The van der Waals surface area contributed by atoms with Gasteiger partial charge in [0.1, 0.15) is 0 Å². The van der Waals surface area contributed by atoms with Gasteiger partial charge < -0.3 is 4.90 Å². The number of unbranched alkanes of at least 4 members (excludes halogenated alkanes) is 2. The number of alkyl halides is 4. The van der Waals surface area contributed by atoms with Crippen molar-refractivity contribution in [3.05, 3.63) is 0 Å². The van der Waals surface area contributed by atoms with Crippen molar-refractivity contribution < 1.29 is 13.2 Å². The highest BCUT2D eigenvalue weighted by Crippen LogP contribution is 2.17. The number of hydrogen-bond donors (Lipinski definition) is 0. The van der Waals surface area contributed by atoms with E-state index < -0.39 is 12.7 Å². The van der Waals surface area contributed by atoms with Crippen molar-refractivity contribution in [1.82, 2.24) is 9.80 Å². The molecule has 1 heterocycles. The predicted octanol–water partition coefficient (Wildman–Crippen LogP) is 2.73. The van der Waals surface area contributed by atoms with Gasteiger partial charge in [0.25, 0.3) is 0 Å². The molecule has 0 aromatic heterocycles. The smallest absolute Gasteiger partial charge is 0.301 e. The van der Waals surface area contributed by atoms with Crippen LogP contribution in [0.5, 0.6) is 0 Å². The van der Waals surface area contributed by atoms with Gasteiger partial charge >= 0.3 is 6.18 Å². The molecule has 0 radical (unpaired) electrons. The fraction of sp³-hybridized carbons (Fsp3) is 1.00. The zero-order valence-electron chi connectivity index (χ0n) is 9.98. The van der Waals surface area contributed by atoms with Gasteiger partial charge in [0.05, 0.1) is 6.54 Å². The van der Waals surface area contributed by atoms with Crippen LogP contribution in [0, 0.1) is 0 Å². The van der Waals surface area contributed by atoms with Gasteiger partial charge in [-0.15, -0.1) is 0 Å². The van der Waals surface area contributed by atoms with Crippen LogP contribution in [0.2, 0.25) is 0 Å². The van der Waals surface area contributed by atoms with Crippen molar-refractivity contribution in [2.45, 2.75) is 25.4 Å². The minimum absolute atomic E-state index is 0.540. The van der Waals surface area contributed by atoms with Gasteiger partial charge in [-0.3, -0.25) is 4.90 Å². The molecule has 1 aliphatic heterocycles. The highest BCUT2D eigenvalue weighted by atomic mass is 79.9. The van der Waals surface area contributed by atoms with Crippen molar-refractivity contribution >= 4 is 15.9 Å². The molecule has 0 unspecified atom stereocenters. The third-order valence-corrected chi connectivity index (χ3v) is 3.54. The molecule has 0 atom stereocenters. The molecule has 1 rings (SSSR count). The number of nitrogens with zero attached hydrogens (tertiary/aromatic N) is 2. The first-order valence-corrected chi connectivity index (χ1v) is 7.21. The van der Waals surface area contributed by atoms with Crippen LogP contribution in [0.1, 0.15) is 19.3 Å². The van der Waals surface area contributed by atoms with Crippen LogP contribution >= 0.6 is 15.9 Å². The SMILES string of the molecule is FC(F)(F)CN1CCN(CCCCCBr)CC1. The molecule has 0 N–H and O–H groups in total. The van der Waals surface area contributed by atoms with Gasteiger partial charge in [-0.2, -0.15) is 13.2 Å². The minimum Gasteiger partial charge on any atom is -0.301 e. The molecule has 0 saturated carbocycles. The van der Waals surface area contributed by atoms with Crippen molar-refractivity contribution in [3.63, 3.8) is 0 Å². The summed E-state index contributed by atoms with van der Waals surface area (Å²) in [6.07, 6.45) is -0.551. The number of hydrogen-bond acceptors (Lipinski definition) is 2. The molecule has 0 aromatic carbocycles. The Kier molecular flexibility index (Phi) is 6.80. The summed E-state index contributed by atoms with van der Waals surface area (Å²) in [5.41, 5.74) is 0. The van der Waals surface area contributed by atoms with Crippen molar-refractivity contribution in [1.29, 1.82) is 0 Å². The van der Waals surface area contributed by atoms with Gasteiger partial charge in [0.2, 0.25) is 0 Å². The Labute approximate surface area is 109 Å². The molecule has 6 heteroatoms. The van der Waals surface area contributed by atoms with E-state index in [4.69, 9.17) is 0 Å². The number of halogens is 4. The van der Waals surface area contributed by atoms with E-state index in [0.717, 1.165) is 31.4 Å². The Morgan fingerprint density at radius 2 is 1.47 bits per heavy atom. The highest BCUT2D eigenvalue weighted by Gasteiger charge is 2.31. The molecule has 1 fully saturated rings. The summed E-state index contributed by atoms with van der Waals surface area (Å²) in [6.45, 7) is 2.88. The monoisotopic (exact) mass is 316 g/mol. The second-order valence-corrected chi connectivity index (χ2v) is 5.28. The second-order valence-electron chi connectivity index (χ2n) is 4.48. The lowest BCUT2D eigenvalue weighted by molar-refractivity contribution is -0.149. The van der Waals surface area contributed by atoms with E-state index in [0.29, 0.717) is 13.1 Å². The minimum atomic E-state index is -4.06. The fourth-order valence-electron chi connectivity index (χ4n) is 2.03. The molecule has 0 spiro atoms. The summed E-state index contributed by atoms with van der Waals surface area (Å²) in [4.78, 5) is 3.76. The van der Waals surface area contributed by atoms with Gasteiger partial charge in [-0.1, -0.05) is 22.4 Å². The van der Waals surface area contributed by atoms with E-state index in [1.165, 1.54) is 17.7 Å². The maximum absolute atomic E-state index is 12.2. The molecule has 0 amide bonds. The van der Waals surface area contributed by atoms with Gasteiger partial charge in [0, 0.05) is 31.5 Å². The Hall–Kier alpha value is 0.190. The number of rotatable bonds is 6. The first-order valence-electron chi connectivity index (χ1n) is 6.09. The zero-order valence-corrected chi connectivity index (χ0v) is 11.6. The average Bonchev–Trinajstić information content (AvgIpc) is 2.25. The third kappa shape index (κ3) is 7.26. The average molecular weight is 317 g/mol. The van der Waals surface area contributed by atoms with Crippen molar-refractivity contribution in [3.8, 4) is 0 Å². The van der Waals surface area contributed by atoms with Crippen LogP contribution in [0.25, 0.3) is 0 Å². The lowest BCUT2D eigenvalue weighted by Gasteiger charge is -2.34. The van der Waals surface area contributed by atoms with Crippen LogP contribution in [0.3, 0.4) is 0 Å². The van der Waals surface area contributed by atoms with Crippen molar-refractivity contribution in [2.24, 2.45) is 0 Å². The zero-order chi connectivity index (χ0) is 12.7. The largest absolute Gasteiger partial charge is 0.401 e. The highest BCUT2D eigenvalue weighted by molar-refractivity contribution is 9.09. The molecular formula is C11H20BrF3N2. The Balaban J connectivity index is 2.09. The van der Waals surface area contributed by atoms with Crippen LogP contribution in [-0.2, 0) is 0 Å². The summed E-state index contributed by atoms with van der Waals surface area (Å²) in [6, 6.07) is 0. The summed E-state index contributed by atoms with van der Waals surface area (Å²) < 4.78 is 36.5. The van der Waals surface area contributed by atoms with Crippen molar-refractivity contribution in [2.75, 3.05) is 44.6 Å². The van der Waals surface area contributed by atoms with E-state index in [2.05, 4.69) is 20.8 Å². The standard InChI is InChI=1S/C11H20BrF3N2/c12-4-2-1-3-5-16-6-8-17(9-7-16)10-11(13,14)15/h1-10H2. The molecule has 0 aliphatic carbocycles. The first-order chi connectivity index (χ1) is 8.01. The Bertz CT molecular complexity index is 203. The molecule has 0 bridgehead atoms. The van der Waals surface area contributed by atoms with E-state index in [-0.39, 0.29) is 0 Å². The molecule has 17 heavy (non-hydrogen) atoms. The van der Waals surface area contributed by atoms with Crippen LogP contribution in [-0.4, -0.2) is 60.6 Å². The van der Waals surface area contributed by atoms with Crippen LogP contribution in [0.15, 0.2) is 0 Å². The Morgan fingerprint density at radius 1 is 0.882 bits per heavy atom. The normalized spacial score (nSPS) is 19.8. The van der Waals surface area contributed by atoms with E-state index in [9.17, 15) is 13.2 Å². The summed E-state index contributed by atoms with van der Waals surface area (Å²) >= 11 is 3.38. The molecule has 2 nitrogen and oxygen atoms in total. The maximum Gasteiger partial charge on any atom is 0.401 e. The van der Waals surface area contributed by atoms with Gasteiger partial charge in [0.15, 0.2) is 0 Å². The van der Waals surface area contributed by atoms with Gasteiger partial charge in [-0.05, 0) is 19.4 Å². The lowest BCUT2D eigenvalue weighted by atomic mass is 10.2. The second kappa shape index (κ2) is 7.59. The quantitative estimate of drug-likeness (QED) is 0.549. The topological polar surface area (TPSA) is 6.48 Å². The summed E-state index contributed by atoms with van der Waals surface area (Å²) in [7, 11) is 0. The third-order valence-electron chi connectivity index (χ3n) is 2.98. The molecule has 1 saturated heterocycles. The van der Waals surface area contributed by atoms with Crippen LogP contribution in [0.4, 0.5) is 13.2 Å². The van der Waals surface area contributed by atoms with E-state index >= 15 is 0 Å². The predicted molar refractivity (Wildman–Crippen MR) is 66.6 cm³/mol. The van der Waals surface area contributed by atoms with E-state index in [1.807, 2.05) is 0 Å². The molecule has 1 aliphatic rings. The van der Waals surface area contributed by atoms with E-state index in [1.54, 1.807) is 0 Å². The summed E-state index contributed by atoms with van der Waals surface area (Å²) in [5, 5.41) is 1.03. The van der Waals surface area contributed by atoms with Gasteiger partial charge in [-0.25, -0.2) is 0 Å². The lowest BCUT2D eigenvalue weighted by Crippen LogP contribution is -2.49. The molecular weight excluding hydrogens is 297 g/mol. The fourth-order valence-corrected chi connectivity index (χ4v) is 2.43. The summed E-state index contributed by atoms with van der Waals surface area (Å²) in [5.74, 6) is 0. The first kappa shape index (κ1) is 15.2. The van der Waals surface area contributed by atoms with Crippen LogP contribution < -0.4 is 0 Å². The molecule has 102 valence electrons. The maximum atomic E-state index is 12.2. The Morgan fingerprint density at radius 3 is 2.00 bits per heavy atom. The number of piperazine rings is 1.